The Labute approximate surface area is 150 Å². The Bertz CT molecular complexity index is 521. The van der Waals surface area contributed by atoms with Crippen LogP contribution in [0.25, 0.3) is 0 Å². The normalized spacial score (nSPS) is 28.6. The minimum Gasteiger partial charge on any atom is -0.463 e. The molecule has 0 aromatic carbocycles. The van der Waals surface area contributed by atoms with E-state index in [9.17, 15) is 19.2 Å². The number of ether oxygens (including phenoxy) is 5. The van der Waals surface area contributed by atoms with Gasteiger partial charge in [0.15, 0.2) is 18.3 Å². The van der Waals surface area contributed by atoms with Crippen molar-refractivity contribution in [1.82, 2.24) is 0 Å². The summed E-state index contributed by atoms with van der Waals surface area (Å²) in [6.45, 7) is 4.50. The molecular formula is C15H22O9S. The van der Waals surface area contributed by atoms with Crippen LogP contribution in [0.15, 0.2) is 0 Å². The fourth-order valence-electron chi connectivity index (χ4n) is 2.46. The first-order valence-electron chi connectivity index (χ1n) is 7.57. The molecule has 1 aliphatic heterocycles. The second-order valence-electron chi connectivity index (χ2n) is 5.42. The lowest BCUT2D eigenvalue weighted by Gasteiger charge is -2.44. The largest absolute Gasteiger partial charge is 0.463 e. The van der Waals surface area contributed by atoms with Crippen molar-refractivity contribution in [2.24, 2.45) is 0 Å². The van der Waals surface area contributed by atoms with Crippen molar-refractivity contribution in [3.63, 3.8) is 0 Å². The molecule has 0 radical (unpaired) electrons. The molecule has 25 heavy (non-hydrogen) atoms. The third-order valence-electron chi connectivity index (χ3n) is 3.27. The van der Waals surface area contributed by atoms with E-state index in [0.29, 0.717) is 0 Å². The van der Waals surface area contributed by atoms with Gasteiger partial charge in [-0.15, -0.1) is 0 Å². The smallest absolute Gasteiger partial charge is 0.303 e. The number of carbonyl (C=O) groups excluding carboxylic acids is 4. The molecular weight excluding hydrogens is 356 g/mol. The minimum atomic E-state index is -1.13. The molecule has 142 valence electrons. The third kappa shape index (κ3) is 6.54. The van der Waals surface area contributed by atoms with E-state index < -0.39 is 54.4 Å². The van der Waals surface area contributed by atoms with Gasteiger partial charge in [-0.1, -0.05) is 0 Å². The molecule has 0 aliphatic carbocycles. The highest BCUT2D eigenvalue weighted by Crippen LogP contribution is 2.29. The van der Waals surface area contributed by atoms with Crippen LogP contribution in [0.5, 0.6) is 0 Å². The van der Waals surface area contributed by atoms with Crippen molar-refractivity contribution < 1.29 is 42.9 Å². The zero-order valence-corrected chi connectivity index (χ0v) is 15.3. The van der Waals surface area contributed by atoms with Gasteiger partial charge in [-0.25, -0.2) is 0 Å². The molecule has 2 unspecified atom stereocenters. The van der Waals surface area contributed by atoms with Crippen LogP contribution >= 0.6 is 12.6 Å². The SMILES string of the molecule is CC(=O)OCC1O[C@@H](CS)[C@@H](OC(C)=O)C(OC(C)=O)[C@H]1OC(C)=O. The predicted octanol–water partition coefficient (Wildman–Crippen LogP) is 0.0418. The van der Waals surface area contributed by atoms with Crippen molar-refractivity contribution in [2.75, 3.05) is 12.4 Å². The first-order chi connectivity index (χ1) is 11.6. The molecule has 1 saturated heterocycles. The Hall–Kier alpha value is -1.81. The molecule has 0 spiro atoms. The Kier molecular flexibility index (Phi) is 8.17. The minimum absolute atomic E-state index is 0.124. The Morgan fingerprint density at radius 1 is 0.760 bits per heavy atom. The van der Waals surface area contributed by atoms with E-state index in [4.69, 9.17) is 23.7 Å². The van der Waals surface area contributed by atoms with Gasteiger partial charge >= 0.3 is 23.9 Å². The van der Waals surface area contributed by atoms with E-state index in [1.54, 1.807) is 0 Å². The molecule has 9 nitrogen and oxygen atoms in total. The van der Waals surface area contributed by atoms with Gasteiger partial charge in [-0.2, -0.15) is 12.6 Å². The summed E-state index contributed by atoms with van der Waals surface area (Å²) in [5.74, 6) is -2.38. The van der Waals surface area contributed by atoms with Crippen molar-refractivity contribution in [1.29, 1.82) is 0 Å². The molecule has 10 heteroatoms. The molecule has 0 aromatic rings. The van der Waals surface area contributed by atoms with Gasteiger partial charge in [0.1, 0.15) is 18.8 Å². The zero-order valence-electron chi connectivity index (χ0n) is 14.4. The van der Waals surface area contributed by atoms with Gasteiger partial charge < -0.3 is 23.7 Å². The van der Waals surface area contributed by atoms with Crippen LogP contribution in [-0.2, 0) is 42.9 Å². The van der Waals surface area contributed by atoms with Crippen LogP contribution in [-0.4, -0.2) is 66.8 Å². The van der Waals surface area contributed by atoms with Crippen LogP contribution in [0.4, 0.5) is 0 Å². The molecule has 5 atom stereocenters. The van der Waals surface area contributed by atoms with E-state index in [-0.39, 0.29) is 12.4 Å². The lowest BCUT2D eigenvalue weighted by molar-refractivity contribution is -0.248. The molecule has 0 aromatic heterocycles. The summed E-state index contributed by atoms with van der Waals surface area (Å²) in [4.78, 5) is 45.4. The summed E-state index contributed by atoms with van der Waals surface area (Å²) in [6.07, 6.45) is -4.96. The van der Waals surface area contributed by atoms with Crippen molar-refractivity contribution >= 4 is 36.5 Å². The summed E-state index contributed by atoms with van der Waals surface area (Å²) in [6, 6.07) is 0. The number of rotatable bonds is 6. The summed E-state index contributed by atoms with van der Waals surface area (Å²) in [5, 5.41) is 0. The number of hydrogen-bond acceptors (Lipinski definition) is 10. The molecule has 1 heterocycles. The summed E-state index contributed by atoms with van der Waals surface area (Å²) >= 11 is 4.15. The molecule has 0 N–H and O–H groups in total. The van der Waals surface area contributed by atoms with E-state index in [1.165, 1.54) is 27.7 Å². The number of hydrogen-bond donors (Lipinski definition) is 1. The molecule has 0 bridgehead atoms. The van der Waals surface area contributed by atoms with E-state index in [0.717, 1.165) is 0 Å². The predicted molar refractivity (Wildman–Crippen MR) is 85.8 cm³/mol. The standard InChI is InChI=1S/C15H22O9S/c1-7(16)20-5-11-13(21-8(2)17)15(23-10(4)19)14(22-9(3)18)12(6-25)24-11/h11-15,25H,5-6H2,1-4H3/t11?,12-,13-,14+,15?/m0/s1. The molecule has 1 aliphatic rings. The number of esters is 4. The summed E-state index contributed by atoms with van der Waals surface area (Å²) in [5.41, 5.74) is 0. The lowest BCUT2D eigenvalue weighted by Crippen LogP contribution is -2.62. The van der Waals surface area contributed by atoms with Crippen LogP contribution < -0.4 is 0 Å². The highest BCUT2D eigenvalue weighted by atomic mass is 32.1. The zero-order chi connectivity index (χ0) is 19.1. The van der Waals surface area contributed by atoms with Gasteiger partial charge in [0, 0.05) is 33.4 Å². The van der Waals surface area contributed by atoms with Gasteiger partial charge in [-0.3, -0.25) is 19.2 Å². The highest BCUT2D eigenvalue weighted by Gasteiger charge is 2.51. The second-order valence-corrected chi connectivity index (χ2v) is 5.79. The Morgan fingerprint density at radius 2 is 1.20 bits per heavy atom. The third-order valence-corrected chi connectivity index (χ3v) is 3.63. The molecule has 1 fully saturated rings. The van der Waals surface area contributed by atoms with Crippen molar-refractivity contribution in [3.8, 4) is 0 Å². The van der Waals surface area contributed by atoms with E-state index >= 15 is 0 Å². The average molecular weight is 378 g/mol. The molecule has 0 saturated carbocycles. The highest BCUT2D eigenvalue weighted by molar-refractivity contribution is 7.80. The quantitative estimate of drug-likeness (QED) is 0.389. The average Bonchev–Trinajstić information content (AvgIpc) is 2.48. The molecule has 1 rings (SSSR count). The maximum atomic E-state index is 11.5. The van der Waals surface area contributed by atoms with Gasteiger partial charge in [0.25, 0.3) is 0 Å². The Morgan fingerprint density at radius 3 is 1.60 bits per heavy atom. The van der Waals surface area contributed by atoms with E-state index in [2.05, 4.69) is 12.6 Å². The molecule has 0 amide bonds. The maximum absolute atomic E-state index is 11.5. The van der Waals surface area contributed by atoms with Crippen molar-refractivity contribution in [3.05, 3.63) is 0 Å². The lowest BCUT2D eigenvalue weighted by atomic mass is 9.95. The van der Waals surface area contributed by atoms with E-state index in [1.807, 2.05) is 0 Å². The monoisotopic (exact) mass is 378 g/mol. The van der Waals surface area contributed by atoms with Crippen LogP contribution in [0.2, 0.25) is 0 Å². The fourth-order valence-corrected chi connectivity index (χ4v) is 2.76. The van der Waals surface area contributed by atoms with Gasteiger partial charge in [0.2, 0.25) is 0 Å². The van der Waals surface area contributed by atoms with Crippen LogP contribution in [0, 0.1) is 0 Å². The first kappa shape index (κ1) is 21.2. The Balaban J connectivity index is 3.18. The van der Waals surface area contributed by atoms with Crippen molar-refractivity contribution in [2.45, 2.75) is 58.2 Å². The van der Waals surface area contributed by atoms with Crippen LogP contribution in [0.1, 0.15) is 27.7 Å². The van der Waals surface area contributed by atoms with Crippen LogP contribution in [0.3, 0.4) is 0 Å². The maximum Gasteiger partial charge on any atom is 0.303 e. The van der Waals surface area contributed by atoms with Gasteiger partial charge in [0.05, 0.1) is 0 Å². The number of thiol groups is 1. The fraction of sp³-hybridized carbons (Fsp3) is 0.733. The van der Waals surface area contributed by atoms with Gasteiger partial charge in [-0.05, 0) is 0 Å². The second kappa shape index (κ2) is 9.62. The topological polar surface area (TPSA) is 114 Å². The summed E-state index contributed by atoms with van der Waals surface area (Å²) in [7, 11) is 0. The number of carbonyl (C=O) groups is 4. The first-order valence-corrected chi connectivity index (χ1v) is 8.20. The summed E-state index contributed by atoms with van der Waals surface area (Å²) < 4.78 is 26.3.